The van der Waals surface area contributed by atoms with Gasteiger partial charge in [0.05, 0.1) is 5.60 Å². The maximum atomic E-state index is 13.1. The molecule has 0 bridgehead atoms. The number of halogens is 1. The van der Waals surface area contributed by atoms with Crippen LogP contribution in [0, 0.1) is 5.82 Å². The molecule has 154 valence electrons. The van der Waals surface area contributed by atoms with E-state index in [1.54, 1.807) is 29.2 Å². The van der Waals surface area contributed by atoms with Crippen molar-refractivity contribution in [3.8, 4) is 5.75 Å². The summed E-state index contributed by atoms with van der Waals surface area (Å²) < 4.78 is 18.6. The summed E-state index contributed by atoms with van der Waals surface area (Å²) in [5.74, 6) is -1.34. The van der Waals surface area contributed by atoms with E-state index in [0.717, 1.165) is 0 Å². The maximum Gasteiger partial charge on any atom is 0.347 e. The topological polar surface area (TPSA) is 87.1 Å². The van der Waals surface area contributed by atoms with Crippen molar-refractivity contribution in [1.82, 2.24) is 4.90 Å². The molecule has 0 aromatic heterocycles. The van der Waals surface area contributed by atoms with Crippen molar-refractivity contribution in [3.05, 3.63) is 65.5 Å². The van der Waals surface area contributed by atoms with E-state index in [1.165, 1.54) is 38.1 Å². The molecule has 1 heterocycles. The number of carbonyl (C=O) groups is 2. The number of aliphatic carboxylic acids is 1. The Labute approximate surface area is 168 Å². The molecule has 0 radical (unpaired) electrons. The first-order valence-electron chi connectivity index (χ1n) is 9.41. The molecule has 1 aliphatic rings. The number of rotatable bonds is 5. The normalized spacial score (nSPS) is 16.3. The van der Waals surface area contributed by atoms with Gasteiger partial charge in [-0.15, -0.1) is 0 Å². The van der Waals surface area contributed by atoms with Gasteiger partial charge in [0.2, 0.25) is 0 Å². The van der Waals surface area contributed by atoms with E-state index in [4.69, 9.17) is 4.74 Å². The van der Waals surface area contributed by atoms with Gasteiger partial charge in [0.1, 0.15) is 11.6 Å². The first-order chi connectivity index (χ1) is 13.6. The molecule has 29 heavy (non-hydrogen) atoms. The number of aliphatic hydroxyl groups is 1. The van der Waals surface area contributed by atoms with Crippen LogP contribution in [0.5, 0.6) is 5.75 Å². The molecule has 6 nitrogen and oxygen atoms in total. The zero-order valence-electron chi connectivity index (χ0n) is 16.4. The predicted octanol–water partition coefficient (Wildman–Crippen LogP) is 3.19. The minimum Gasteiger partial charge on any atom is -0.478 e. The van der Waals surface area contributed by atoms with Crippen LogP contribution in [0.4, 0.5) is 4.39 Å². The number of likely N-dealkylation sites (tertiary alicyclic amines) is 1. The Morgan fingerprint density at radius 3 is 2.31 bits per heavy atom. The Morgan fingerprint density at radius 2 is 1.72 bits per heavy atom. The summed E-state index contributed by atoms with van der Waals surface area (Å²) in [7, 11) is 0. The van der Waals surface area contributed by atoms with Gasteiger partial charge in [0.15, 0.2) is 5.60 Å². The lowest BCUT2D eigenvalue weighted by Gasteiger charge is -2.38. The monoisotopic (exact) mass is 401 g/mol. The van der Waals surface area contributed by atoms with E-state index in [1.807, 2.05) is 0 Å². The van der Waals surface area contributed by atoms with Crippen LogP contribution in [0.15, 0.2) is 48.5 Å². The molecule has 2 N–H and O–H groups in total. The van der Waals surface area contributed by atoms with Crippen molar-refractivity contribution in [2.75, 3.05) is 13.1 Å². The van der Waals surface area contributed by atoms with Gasteiger partial charge < -0.3 is 19.8 Å². The smallest absolute Gasteiger partial charge is 0.347 e. The van der Waals surface area contributed by atoms with E-state index in [0.29, 0.717) is 42.8 Å². The Balaban J connectivity index is 1.70. The molecule has 1 amide bonds. The second-order valence-corrected chi connectivity index (χ2v) is 7.78. The maximum absolute atomic E-state index is 13.1. The van der Waals surface area contributed by atoms with Crippen LogP contribution in [-0.2, 0) is 10.4 Å². The van der Waals surface area contributed by atoms with E-state index in [9.17, 15) is 24.2 Å². The molecule has 0 spiro atoms. The molecule has 3 rings (SSSR count). The first-order valence-corrected chi connectivity index (χ1v) is 9.41. The number of ether oxygens (including phenoxy) is 1. The number of hydrogen-bond donors (Lipinski definition) is 2. The van der Waals surface area contributed by atoms with E-state index in [2.05, 4.69) is 0 Å². The summed E-state index contributed by atoms with van der Waals surface area (Å²) in [6, 6.07) is 12.1. The van der Waals surface area contributed by atoms with Crippen LogP contribution in [0.3, 0.4) is 0 Å². The number of carboxylic acid groups (broad SMARTS) is 1. The SMILES string of the molecule is CC(C)(Oc1cccc(C2(O)CCN(C(=O)c3ccc(F)cc3)CC2)c1)C(=O)O. The van der Waals surface area contributed by atoms with Crippen molar-refractivity contribution in [1.29, 1.82) is 0 Å². The number of carboxylic acids is 1. The number of nitrogens with zero attached hydrogens (tertiary/aromatic N) is 1. The van der Waals surface area contributed by atoms with Crippen molar-refractivity contribution in [2.24, 2.45) is 0 Å². The lowest BCUT2D eigenvalue weighted by molar-refractivity contribution is -0.152. The fourth-order valence-corrected chi connectivity index (χ4v) is 3.33. The molecular formula is C22H24FNO5. The molecule has 1 aliphatic heterocycles. The minimum absolute atomic E-state index is 0.202. The number of benzene rings is 2. The Bertz CT molecular complexity index is 902. The summed E-state index contributed by atoms with van der Waals surface area (Å²) in [6.07, 6.45) is 0.650. The number of piperidine rings is 1. The largest absolute Gasteiger partial charge is 0.478 e. The minimum atomic E-state index is -1.40. The summed E-state index contributed by atoms with van der Waals surface area (Å²) in [5, 5.41) is 20.4. The summed E-state index contributed by atoms with van der Waals surface area (Å²) >= 11 is 0. The van der Waals surface area contributed by atoms with Crippen LogP contribution >= 0.6 is 0 Å². The van der Waals surface area contributed by atoms with Crippen LogP contribution in [-0.4, -0.2) is 45.7 Å². The van der Waals surface area contributed by atoms with Crippen molar-refractivity contribution in [3.63, 3.8) is 0 Å². The standard InChI is InChI=1S/C22H24FNO5/c1-21(2,20(26)27)29-18-5-3-4-16(14-18)22(28)10-12-24(13-11-22)19(25)15-6-8-17(23)9-7-15/h3-9,14,28H,10-13H2,1-2H3,(H,26,27). The average molecular weight is 401 g/mol. The van der Waals surface area contributed by atoms with Crippen LogP contribution < -0.4 is 4.74 Å². The lowest BCUT2D eigenvalue weighted by atomic mass is 9.84. The van der Waals surface area contributed by atoms with Gasteiger partial charge >= 0.3 is 5.97 Å². The zero-order chi connectivity index (χ0) is 21.2. The molecule has 0 atom stereocenters. The third kappa shape index (κ3) is 4.56. The van der Waals surface area contributed by atoms with Gasteiger partial charge in [-0.05, 0) is 68.7 Å². The van der Waals surface area contributed by atoms with Crippen molar-refractivity contribution < 1.29 is 28.9 Å². The molecule has 1 fully saturated rings. The Hall–Kier alpha value is -2.93. The van der Waals surface area contributed by atoms with Crippen LogP contribution in [0.1, 0.15) is 42.6 Å². The predicted molar refractivity (Wildman–Crippen MR) is 104 cm³/mol. The summed E-state index contributed by atoms with van der Waals surface area (Å²) in [6.45, 7) is 3.60. The quantitative estimate of drug-likeness (QED) is 0.804. The molecule has 1 saturated heterocycles. The third-order valence-electron chi connectivity index (χ3n) is 5.23. The van der Waals surface area contributed by atoms with E-state index >= 15 is 0 Å². The third-order valence-corrected chi connectivity index (χ3v) is 5.23. The van der Waals surface area contributed by atoms with Gasteiger partial charge in [0, 0.05) is 18.7 Å². The molecule has 7 heteroatoms. The van der Waals surface area contributed by atoms with Gasteiger partial charge in [0.25, 0.3) is 5.91 Å². The molecule has 0 unspecified atom stereocenters. The zero-order valence-corrected chi connectivity index (χ0v) is 16.4. The fourth-order valence-electron chi connectivity index (χ4n) is 3.33. The summed E-state index contributed by atoms with van der Waals surface area (Å²) in [4.78, 5) is 25.5. The number of hydrogen-bond acceptors (Lipinski definition) is 4. The highest BCUT2D eigenvalue weighted by molar-refractivity contribution is 5.94. The van der Waals surface area contributed by atoms with Gasteiger partial charge in [-0.1, -0.05) is 12.1 Å². The Kier molecular flexibility index (Phi) is 5.61. The number of amides is 1. The highest BCUT2D eigenvalue weighted by Gasteiger charge is 2.36. The highest BCUT2D eigenvalue weighted by Crippen LogP contribution is 2.35. The highest BCUT2D eigenvalue weighted by atomic mass is 19.1. The second-order valence-electron chi connectivity index (χ2n) is 7.78. The molecule has 2 aromatic carbocycles. The Morgan fingerprint density at radius 1 is 1.10 bits per heavy atom. The average Bonchev–Trinajstić information content (AvgIpc) is 2.68. The molecule has 2 aromatic rings. The fraction of sp³-hybridized carbons (Fsp3) is 0.364. The molecule has 0 aliphatic carbocycles. The van der Waals surface area contributed by atoms with Crippen LogP contribution in [0.2, 0.25) is 0 Å². The van der Waals surface area contributed by atoms with Crippen LogP contribution in [0.25, 0.3) is 0 Å². The molecule has 0 saturated carbocycles. The lowest BCUT2D eigenvalue weighted by Crippen LogP contribution is -2.45. The van der Waals surface area contributed by atoms with Gasteiger partial charge in [-0.25, -0.2) is 9.18 Å². The summed E-state index contributed by atoms with van der Waals surface area (Å²) in [5.41, 5.74) is -1.52. The van der Waals surface area contributed by atoms with E-state index < -0.39 is 23.0 Å². The second kappa shape index (κ2) is 7.83. The number of carbonyl (C=O) groups excluding carboxylic acids is 1. The van der Waals surface area contributed by atoms with E-state index in [-0.39, 0.29) is 5.91 Å². The van der Waals surface area contributed by atoms with Gasteiger partial charge in [-0.2, -0.15) is 0 Å². The molecular weight excluding hydrogens is 377 g/mol. The van der Waals surface area contributed by atoms with Gasteiger partial charge in [-0.3, -0.25) is 4.79 Å². The van der Waals surface area contributed by atoms with Crippen molar-refractivity contribution in [2.45, 2.75) is 37.9 Å². The van der Waals surface area contributed by atoms with Crippen molar-refractivity contribution >= 4 is 11.9 Å². The first kappa shape index (κ1) is 20.8.